The molecular formula is C13H20FNO4S. The van der Waals surface area contributed by atoms with Crippen molar-refractivity contribution in [1.29, 1.82) is 0 Å². The molecule has 0 radical (unpaired) electrons. The second-order valence-corrected chi connectivity index (χ2v) is 6.27. The number of hydrogen-bond acceptors (Lipinski definition) is 4. The second-order valence-electron chi connectivity index (χ2n) is 4.62. The molecule has 0 amide bonds. The van der Waals surface area contributed by atoms with Gasteiger partial charge in [0.1, 0.15) is 5.82 Å². The van der Waals surface area contributed by atoms with E-state index in [1.165, 1.54) is 26.4 Å². The van der Waals surface area contributed by atoms with Crippen molar-refractivity contribution < 1.29 is 22.3 Å². The van der Waals surface area contributed by atoms with Gasteiger partial charge in [0.2, 0.25) is 10.0 Å². The average molecular weight is 305 g/mol. The van der Waals surface area contributed by atoms with Gasteiger partial charge < -0.3 is 9.47 Å². The minimum Gasteiger partial charge on any atom is -0.354 e. The summed E-state index contributed by atoms with van der Waals surface area (Å²) < 4.78 is 50.5. The number of methoxy groups -OCH3 is 2. The van der Waals surface area contributed by atoms with E-state index in [4.69, 9.17) is 9.47 Å². The molecule has 1 aromatic carbocycles. The van der Waals surface area contributed by atoms with E-state index in [9.17, 15) is 12.8 Å². The largest absolute Gasteiger partial charge is 0.354 e. The lowest BCUT2D eigenvalue weighted by atomic mass is 10.1. The van der Waals surface area contributed by atoms with Crippen molar-refractivity contribution in [3.63, 3.8) is 0 Å². The van der Waals surface area contributed by atoms with E-state index in [0.717, 1.165) is 0 Å². The normalized spacial score (nSPS) is 13.8. The highest BCUT2D eigenvalue weighted by molar-refractivity contribution is 7.89. The molecule has 20 heavy (non-hydrogen) atoms. The van der Waals surface area contributed by atoms with E-state index in [-0.39, 0.29) is 4.90 Å². The summed E-state index contributed by atoms with van der Waals surface area (Å²) in [6.07, 6.45) is -0.703. The maximum atomic E-state index is 13.2. The highest BCUT2D eigenvalue weighted by Crippen LogP contribution is 2.21. The van der Waals surface area contributed by atoms with Gasteiger partial charge in [-0.25, -0.2) is 17.5 Å². The van der Waals surface area contributed by atoms with Crippen molar-refractivity contribution in [2.24, 2.45) is 0 Å². The Morgan fingerprint density at radius 1 is 1.15 bits per heavy atom. The van der Waals surface area contributed by atoms with Gasteiger partial charge in [-0.1, -0.05) is 0 Å². The maximum Gasteiger partial charge on any atom is 0.241 e. The van der Waals surface area contributed by atoms with Gasteiger partial charge in [-0.2, -0.15) is 0 Å². The van der Waals surface area contributed by atoms with Crippen molar-refractivity contribution in [2.75, 3.05) is 14.2 Å². The molecule has 0 aliphatic carbocycles. The predicted molar refractivity (Wildman–Crippen MR) is 73.5 cm³/mol. The number of hydrogen-bond donors (Lipinski definition) is 1. The third kappa shape index (κ3) is 3.76. The summed E-state index contributed by atoms with van der Waals surface area (Å²) in [4.78, 5) is 0.0803. The second kappa shape index (κ2) is 6.62. The zero-order chi connectivity index (χ0) is 15.5. The molecule has 0 saturated heterocycles. The number of rotatable bonds is 6. The smallest absolute Gasteiger partial charge is 0.241 e. The van der Waals surface area contributed by atoms with Crippen LogP contribution in [-0.2, 0) is 19.5 Å². The Morgan fingerprint density at radius 3 is 2.00 bits per heavy atom. The van der Waals surface area contributed by atoms with Crippen molar-refractivity contribution in [2.45, 2.75) is 38.0 Å². The first kappa shape index (κ1) is 17.0. The quantitative estimate of drug-likeness (QED) is 0.813. The Balaban J connectivity index is 3.12. The minimum absolute atomic E-state index is 0.0803. The van der Waals surface area contributed by atoms with Crippen LogP contribution in [0.2, 0.25) is 0 Å². The van der Waals surface area contributed by atoms with Gasteiger partial charge in [-0.05, 0) is 44.0 Å². The van der Waals surface area contributed by atoms with Crippen molar-refractivity contribution >= 4 is 10.0 Å². The predicted octanol–water partition coefficient (Wildman–Crippen LogP) is 1.73. The third-order valence-corrected chi connectivity index (χ3v) is 4.77. The summed E-state index contributed by atoms with van der Waals surface area (Å²) in [7, 11) is -0.932. The summed E-state index contributed by atoms with van der Waals surface area (Å²) in [6, 6.07) is 1.80. The summed E-state index contributed by atoms with van der Waals surface area (Å²) >= 11 is 0. The molecule has 1 aromatic rings. The molecule has 1 N–H and O–H groups in total. The van der Waals surface area contributed by atoms with E-state index in [1.807, 2.05) is 0 Å². The molecule has 0 fully saturated rings. The van der Waals surface area contributed by atoms with E-state index in [0.29, 0.717) is 11.1 Å². The van der Waals surface area contributed by atoms with Gasteiger partial charge in [0.15, 0.2) is 6.29 Å². The molecule has 1 atom stereocenters. The van der Waals surface area contributed by atoms with Crippen LogP contribution in [0, 0.1) is 19.7 Å². The number of aryl methyl sites for hydroxylation is 2. The van der Waals surface area contributed by atoms with Crippen LogP contribution in [0.25, 0.3) is 0 Å². The molecule has 5 nitrogen and oxygen atoms in total. The summed E-state index contributed by atoms with van der Waals surface area (Å²) in [6.45, 7) is 4.74. The molecule has 0 aliphatic rings. The maximum absolute atomic E-state index is 13.2. The molecule has 0 spiro atoms. The van der Waals surface area contributed by atoms with Gasteiger partial charge in [0.05, 0.1) is 10.9 Å². The first-order valence-electron chi connectivity index (χ1n) is 6.07. The third-order valence-electron chi connectivity index (χ3n) is 2.91. The SMILES string of the molecule is COC(OC)C(C)NS(=O)(=O)c1c(C)cc(F)cc1C. The van der Waals surface area contributed by atoms with Crippen LogP contribution in [0.4, 0.5) is 4.39 Å². The zero-order valence-electron chi connectivity index (χ0n) is 12.2. The lowest BCUT2D eigenvalue weighted by Crippen LogP contribution is -2.43. The molecule has 0 bridgehead atoms. The minimum atomic E-state index is -3.78. The van der Waals surface area contributed by atoms with E-state index in [2.05, 4.69) is 4.72 Å². The Labute approximate surface area is 119 Å². The van der Waals surface area contributed by atoms with Gasteiger partial charge in [0.25, 0.3) is 0 Å². The van der Waals surface area contributed by atoms with Crippen molar-refractivity contribution in [3.05, 3.63) is 29.1 Å². The molecule has 114 valence electrons. The number of sulfonamides is 1. The fourth-order valence-corrected chi connectivity index (χ4v) is 3.87. The van der Waals surface area contributed by atoms with Gasteiger partial charge in [-0.15, -0.1) is 0 Å². The Kier molecular flexibility index (Phi) is 5.64. The number of ether oxygens (including phenoxy) is 2. The topological polar surface area (TPSA) is 64.6 Å². The molecule has 0 aliphatic heterocycles. The van der Waals surface area contributed by atoms with Gasteiger partial charge >= 0.3 is 0 Å². The first-order chi connectivity index (χ1) is 9.22. The molecular weight excluding hydrogens is 285 g/mol. The van der Waals surface area contributed by atoms with Crippen LogP contribution < -0.4 is 4.72 Å². The first-order valence-corrected chi connectivity index (χ1v) is 7.56. The van der Waals surface area contributed by atoms with Crippen LogP contribution >= 0.6 is 0 Å². The average Bonchev–Trinajstić information content (AvgIpc) is 2.27. The van der Waals surface area contributed by atoms with Crippen LogP contribution in [0.5, 0.6) is 0 Å². The Bertz CT molecular complexity index is 547. The van der Waals surface area contributed by atoms with E-state index >= 15 is 0 Å². The summed E-state index contributed by atoms with van der Waals surface area (Å²) in [5.41, 5.74) is 0.710. The monoisotopic (exact) mass is 305 g/mol. The molecule has 7 heteroatoms. The lowest BCUT2D eigenvalue weighted by Gasteiger charge is -2.23. The van der Waals surface area contributed by atoms with Crippen molar-refractivity contribution in [3.8, 4) is 0 Å². The van der Waals surface area contributed by atoms with Gasteiger partial charge in [0, 0.05) is 14.2 Å². The molecule has 0 saturated carbocycles. The Morgan fingerprint density at radius 2 is 1.60 bits per heavy atom. The highest BCUT2D eigenvalue weighted by Gasteiger charge is 2.26. The summed E-state index contributed by atoms with van der Waals surface area (Å²) in [5, 5.41) is 0. The standard InChI is InChI=1S/C13H20FNO4S/c1-8-6-11(14)7-9(2)12(8)20(16,17)15-10(3)13(18-4)19-5/h6-7,10,13,15H,1-5H3. The highest BCUT2D eigenvalue weighted by atomic mass is 32.2. The zero-order valence-corrected chi connectivity index (χ0v) is 13.0. The molecule has 0 heterocycles. The molecule has 0 aromatic heterocycles. The molecule has 1 unspecified atom stereocenters. The van der Waals surface area contributed by atoms with E-state index < -0.39 is 28.2 Å². The van der Waals surface area contributed by atoms with Crippen LogP contribution in [0.15, 0.2) is 17.0 Å². The summed E-state index contributed by atoms with van der Waals surface area (Å²) in [5.74, 6) is -0.460. The van der Waals surface area contributed by atoms with Gasteiger partial charge in [-0.3, -0.25) is 0 Å². The number of benzene rings is 1. The molecule has 1 rings (SSSR count). The van der Waals surface area contributed by atoms with E-state index in [1.54, 1.807) is 20.8 Å². The number of nitrogens with one attached hydrogen (secondary N) is 1. The number of halogens is 1. The van der Waals surface area contributed by atoms with Crippen LogP contribution in [0.1, 0.15) is 18.1 Å². The Hall–Kier alpha value is -1.02. The fourth-order valence-electron chi connectivity index (χ4n) is 2.18. The van der Waals surface area contributed by atoms with Crippen LogP contribution in [-0.4, -0.2) is 35.0 Å². The fraction of sp³-hybridized carbons (Fsp3) is 0.538. The lowest BCUT2D eigenvalue weighted by molar-refractivity contribution is -0.115. The van der Waals surface area contributed by atoms with Crippen molar-refractivity contribution in [1.82, 2.24) is 4.72 Å². The van der Waals surface area contributed by atoms with Crippen LogP contribution in [0.3, 0.4) is 0 Å².